The summed E-state index contributed by atoms with van der Waals surface area (Å²) < 4.78 is 27.0. The molecule has 12 nitrogen and oxygen atoms in total. The number of benzene rings is 2. The van der Waals surface area contributed by atoms with Crippen LogP contribution in [-0.2, 0) is 27.2 Å². The molecule has 0 spiro atoms. The molecular weight excluding hydrogens is 519 g/mol. The minimum absolute atomic E-state index is 0.0727. The van der Waals surface area contributed by atoms with Crippen molar-refractivity contribution in [3.8, 4) is 5.75 Å². The molecule has 2 heterocycles. The number of hydrogen-bond acceptors (Lipinski definition) is 8. The van der Waals surface area contributed by atoms with Gasteiger partial charge in [-0.2, -0.15) is 0 Å². The minimum atomic E-state index is -3.67. The molecule has 1 unspecified atom stereocenters. The van der Waals surface area contributed by atoms with E-state index in [1.54, 1.807) is 18.5 Å². The maximum Gasteiger partial charge on any atom is 0.312 e. The summed E-state index contributed by atoms with van der Waals surface area (Å²) in [5.41, 5.74) is 16.7. The van der Waals surface area contributed by atoms with Crippen LogP contribution in [0.2, 0.25) is 0 Å². The molecule has 13 heteroatoms. The van der Waals surface area contributed by atoms with Crippen LogP contribution in [0, 0.1) is 13.8 Å². The van der Waals surface area contributed by atoms with Crippen LogP contribution < -0.4 is 21.2 Å². The van der Waals surface area contributed by atoms with Gasteiger partial charge in [-0.1, -0.05) is 46.8 Å². The first-order valence-corrected chi connectivity index (χ1v) is 14.3. The fourth-order valence-corrected chi connectivity index (χ4v) is 4.91. The van der Waals surface area contributed by atoms with Gasteiger partial charge in [0.25, 0.3) is 0 Å². The first-order chi connectivity index (χ1) is 18.7. The molecule has 0 saturated carbocycles. The van der Waals surface area contributed by atoms with Gasteiger partial charge in [0.2, 0.25) is 0 Å². The number of para-hydroxylation sites is 1. The van der Waals surface area contributed by atoms with Crippen LogP contribution in [0.1, 0.15) is 23.6 Å². The number of anilines is 1. The van der Waals surface area contributed by atoms with Crippen molar-refractivity contribution in [2.45, 2.75) is 40.0 Å². The Hall–Kier alpha value is -3.38. The number of nitrogen functional groups attached to an aromatic ring is 1. The molecule has 208 valence electrons. The average Bonchev–Trinajstić information content (AvgIpc) is 3.31. The van der Waals surface area contributed by atoms with E-state index in [1.807, 2.05) is 48.7 Å². The van der Waals surface area contributed by atoms with E-state index in [2.05, 4.69) is 33.0 Å². The molecule has 4 aromatic rings. The van der Waals surface area contributed by atoms with E-state index < -0.39 is 7.59 Å². The smallest absolute Gasteiger partial charge is 0.312 e. The van der Waals surface area contributed by atoms with Crippen LogP contribution in [0.3, 0.4) is 0 Å². The largest absolute Gasteiger partial charge is 0.397 e. The van der Waals surface area contributed by atoms with E-state index >= 15 is 0 Å². The highest BCUT2D eigenvalue weighted by atomic mass is 31.2. The van der Waals surface area contributed by atoms with Gasteiger partial charge in [0, 0.05) is 0 Å². The van der Waals surface area contributed by atoms with Crippen LogP contribution in [0.15, 0.2) is 61.2 Å². The lowest BCUT2D eigenvalue weighted by Gasteiger charge is -2.28. The Balaban J connectivity index is 1.32. The zero-order valence-electron chi connectivity index (χ0n) is 22.4. The summed E-state index contributed by atoms with van der Waals surface area (Å²) in [6.07, 6.45) is 2.74. The number of aryl methyl sites for hydroxylation is 2. The molecule has 0 bridgehead atoms. The number of rotatable bonds is 14. The molecule has 0 saturated heterocycles. The molecule has 39 heavy (non-hydrogen) atoms. The van der Waals surface area contributed by atoms with E-state index in [0.29, 0.717) is 35.9 Å². The van der Waals surface area contributed by atoms with E-state index in [0.717, 1.165) is 11.1 Å². The zero-order chi connectivity index (χ0) is 27.8. The maximum atomic E-state index is 13.5. The van der Waals surface area contributed by atoms with Gasteiger partial charge in [-0.05, 0) is 44.0 Å². The Morgan fingerprint density at radius 1 is 1.13 bits per heavy atom. The summed E-state index contributed by atoms with van der Waals surface area (Å²) in [4.78, 5) is 19.6. The summed E-state index contributed by atoms with van der Waals surface area (Å²) in [5, 5.41) is 2.80. The van der Waals surface area contributed by atoms with Crippen molar-refractivity contribution >= 4 is 24.6 Å². The van der Waals surface area contributed by atoms with Crippen molar-refractivity contribution in [1.29, 1.82) is 0 Å². The van der Waals surface area contributed by atoms with Gasteiger partial charge < -0.3 is 24.6 Å². The Labute approximate surface area is 227 Å². The number of hydrogen-bond donors (Lipinski definition) is 3. The van der Waals surface area contributed by atoms with E-state index in [1.165, 1.54) is 16.7 Å². The van der Waals surface area contributed by atoms with Crippen molar-refractivity contribution in [2.24, 2.45) is 5.50 Å². The van der Waals surface area contributed by atoms with Crippen molar-refractivity contribution < 1.29 is 18.9 Å². The molecule has 0 fully saturated rings. The van der Waals surface area contributed by atoms with Gasteiger partial charge >= 0.3 is 7.59 Å². The quantitative estimate of drug-likeness (QED) is 0.0906. The van der Waals surface area contributed by atoms with E-state index in [9.17, 15) is 4.57 Å². The summed E-state index contributed by atoms with van der Waals surface area (Å²) in [7, 11) is -3.67. The Bertz CT molecular complexity index is 1420. The van der Waals surface area contributed by atoms with Crippen LogP contribution in [0.25, 0.3) is 11.2 Å². The molecule has 2 atom stereocenters. The Morgan fingerprint density at radius 3 is 2.69 bits per heavy atom. The molecule has 2 aromatic carbocycles. The molecular formula is C26H35N8O4P. The zero-order valence-corrected chi connectivity index (χ0v) is 23.3. The first-order valence-electron chi connectivity index (χ1n) is 12.5. The normalized spacial score (nSPS) is 14.0. The first kappa shape index (κ1) is 28.6. The second-order valence-electron chi connectivity index (χ2n) is 9.19. The fraction of sp³-hybridized carbons (Fsp3) is 0.346. The number of aromatic nitrogens is 4. The number of hydroxylamine groups is 1. The monoisotopic (exact) mass is 554 g/mol. The van der Waals surface area contributed by atoms with Gasteiger partial charge in [-0.3, -0.25) is 10.1 Å². The van der Waals surface area contributed by atoms with Gasteiger partial charge in [0.15, 0.2) is 11.5 Å². The third-order valence-electron chi connectivity index (χ3n) is 6.01. The van der Waals surface area contributed by atoms with Crippen LogP contribution in [0.4, 0.5) is 5.82 Å². The minimum Gasteiger partial charge on any atom is -0.397 e. The van der Waals surface area contributed by atoms with Crippen molar-refractivity contribution in [3.05, 3.63) is 77.9 Å². The summed E-state index contributed by atoms with van der Waals surface area (Å²) in [5.74, 6) is 0.816. The number of fused-ring (bicyclic) bond motifs is 1. The predicted molar refractivity (Wildman–Crippen MR) is 149 cm³/mol. The standard InChI is InChI=1S/C26H35N8O4P/c1-19-9-10-22(20(2)13-19)15-36-12-11-34(38-23-7-5-4-6-8-23)39(28,35)32-18-37-21(3)14-33-17-31-24-25(27)29-16-30-26(24)33/h4-10,13,16-17,21H,11-12,14-15,18H2,1-3H3,(H2,27,29,30)(H3,28,32,35)/t21-,39?/m1/s1. The second kappa shape index (κ2) is 13.1. The summed E-state index contributed by atoms with van der Waals surface area (Å²) in [6.45, 7) is 7.19. The number of nitrogens with zero attached hydrogens (tertiary/aromatic N) is 5. The third kappa shape index (κ3) is 7.82. The Kier molecular flexibility index (Phi) is 9.63. The van der Waals surface area contributed by atoms with Gasteiger partial charge in [0.05, 0.1) is 38.7 Å². The topological polar surface area (TPSA) is 156 Å². The lowest BCUT2D eigenvalue weighted by Crippen LogP contribution is -2.38. The lowest BCUT2D eigenvalue weighted by atomic mass is 10.1. The number of imidazole rings is 1. The molecule has 0 aliphatic heterocycles. The fourth-order valence-electron chi connectivity index (χ4n) is 3.90. The van der Waals surface area contributed by atoms with Crippen LogP contribution >= 0.6 is 7.59 Å². The SMILES string of the molecule is Cc1ccc(COCCN(Oc2ccccc2)P(N)(=O)NCO[C@H](C)Cn2cnc3c(N)ncnc32)c(C)c1. The highest BCUT2D eigenvalue weighted by molar-refractivity contribution is 7.56. The van der Waals surface area contributed by atoms with E-state index in [4.69, 9.17) is 25.5 Å². The van der Waals surface area contributed by atoms with Crippen LogP contribution in [-0.4, -0.2) is 50.3 Å². The molecule has 4 rings (SSSR count). The Morgan fingerprint density at radius 2 is 1.92 bits per heavy atom. The van der Waals surface area contributed by atoms with Crippen molar-refractivity contribution in [3.63, 3.8) is 0 Å². The summed E-state index contributed by atoms with van der Waals surface area (Å²) >= 11 is 0. The molecule has 2 aromatic heterocycles. The highest BCUT2D eigenvalue weighted by Gasteiger charge is 2.28. The predicted octanol–water partition coefficient (Wildman–Crippen LogP) is 3.56. The van der Waals surface area contributed by atoms with Crippen molar-refractivity contribution in [1.82, 2.24) is 29.4 Å². The average molecular weight is 555 g/mol. The molecule has 0 radical (unpaired) electrons. The van der Waals surface area contributed by atoms with Gasteiger partial charge in [-0.15, -0.1) is 0 Å². The van der Waals surface area contributed by atoms with Crippen molar-refractivity contribution in [2.75, 3.05) is 25.6 Å². The lowest BCUT2D eigenvalue weighted by molar-refractivity contribution is -0.00560. The number of nitrogens with one attached hydrogen (secondary N) is 1. The molecule has 5 N–H and O–H groups in total. The van der Waals surface area contributed by atoms with Gasteiger partial charge in [0.1, 0.15) is 24.3 Å². The number of ether oxygens (including phenoxy) is 2. The number of nitrogens with two attached hydrogens (primary N) is 2. The molecule has 0 aliphatic carbocycles. The van der Waals surface area contributed by atoms with Gasteiger partial charge in [-0.25, -0.2) is 20.0 Å². The second-order valence-corrected chi connectivity index (χ2v) is 11.2. The molecule has 0 aliphatic rings. The van der Waals surface area contributed by atoms with Crippen LogP contribution in [0.5, 0.6) is 5.75 Å². The van der Waals surface area contributed by atoms with E-state index in [-0.39, 0.29) is 26.0 Å². The maximum absolute atomic E-state index is 13.5. The third-order valence-corrected chi connectivity index (χ3v) is 7.54. The highest BCUT2D eigenvalue weighted by Crippen LogP contribution is 2.37. The summed E-state index contributed by atoms with van der Waals surface area (Å²) in [6, 6.07) is 15.2. The molecule has 0 amide bonds.